The maximum Gasteiger partial charge on any atom is 0.407 e. The summed E-state index contributed by atoms with van der Waals surface area (Å²) in [4.78, 5) is 37.0. The van der Waals surface area contributed by atoms with Gasteiger partial charge in [-0.1, -0.05) is 61.9 Å². The molecular weight excluding hydrogens is 420 g/mol. The number of carbonyl (C=O) groups is 3. The Bertz CT molecular complexity index is 1020. The molecule has 1 fully saturated rings. The van der Waals surface area contributed by atoms with Gasteiger partial charge in [-0.25, -0.2) is 4.79 Å². The van der Waals surface area contributed by atoms with E-state index in [1.807, 2.05) is 36.4 Å². The fourth-order valence-corrected chi connectivity index (χ4v) is 5.06. The van der Waals surface area contributed by atoms with Crippen molar-refractivity contribution in [3.63, 3.8) is 0 Å². The summed E-state index contributed by atoms with van der Waals surface area (Å²) in [6, 6.07) is 14.9. The van der Waals surface area contributed by atoms with Crippen LogP contribution in [-0.4, -0.2) is 41.8 Å². The molecule has 1 saturated carbocycles. The third kappa shape index (κ3) is 4.32. The Balaban J connectivity index is 1.37. The molecule has 2 aliphatic rings. The second-order valence-electron chi connectivity index (χ2n) is 9.11. The molecule has 0 heterocycles. The molecule has 2 aromatic rings. The molecule has 2 aliphatic carbocycles. The quantitative estimate of drug-likeness (QED) is 0.590. The van der Waals surface area contributed by atoms with E-state index in [4.69, 9.17) is 4.74 Å². The summed E-state index contributed by atoms with van der Waals surface area (Å²) >= 11 is 0. The van der Waals surface area contributed by atoms with Crippen LogP contribution in [0.2, 0.25) is 0 Å². The molecule has 4 rings (SSSR count). The van der Waals surface area contributed by atoms with Gasteiger partial charge in [0.2, 0.25) is 5.91 Å². The number of nitrogens with one attached hydrogen (secondary N) is 2. The molecule has 0 spiro atoms. The van der Waals surface area contributed by atoms with E-state index < -0.39 is 29.6 Å². The molecule has 2 amide bonds. The lowest BCUT2D eigenvalue weighted by molar-refractivity contribution is -0.149. The van der Waals surface area contributed by atoms with Crippen molar-refractivity contribution >= 4 is 18.0 Å². The Hall–Kier alpha value is -3.35. The minimum Gasteiger partial charge on any atom is -0.481 e. The number of amides is 2. The van der Waals surface area contributed by atoms with E-state index in [0.717, 1.165) is 28.7 Å². The van der Waals surface area contributed by atoms with Crippen molar-refractivity contribution in [1.29, 1.82) is 0 Å². The number of carbonyl (C=O) groups excluding carboxylic acids is 2. The van der Waals surface area contributed by atoms with Crippen LogP contribution in [-0.2, 0) is 14.3 Å². The lowest BCUT2D eigenvalue weighted by Gasteiger charge is -2.29. The third-order valence-corrected chi connectivity index (χ3v) is 7.12. The van der Waals surface area contributed by atoms with E-state index in [-0.39, 0.29) is 18.4 Å². The second kappa shape index (κ2) is 9.25. The maximum atomic E-state index is 12.8. The van der Waals surface area contributed by atoms with Gasteiger partial charge in [-0.3, -0.25) is 9.59 Å². The summed E-state index contributed by atoms with van der Waals surface area (Å²) in [5, 5.41) is 15.1. The first-order valence-corrected chi connectivity index (χ1v) is 11.5. The second-order valence-corrected chi connectivity index (χ2v) is 9.11. The van der Waals surface area contributed by atoms with Crippen LogP contribution in [0.3, 0.4) is 0 Å². The lowest BCUT2D eigenvalue weighted by Crippen LogP contribution is -2.53. The molecule has 0 aliphatic heterocycles. The van der Waals surface area contributed by atoms with Crippen molar-refractivity contribution in [2.75, 3.05) is 6.61 Å². The molecule has 0 saturated heterocycles. The van der Waals surface area contributed by atoms with Crippen molar-refractivity contribution in [2.45, 2.75) is 57.5 Å². The van der Waals surface area contributed by atoms with Gasteiger partial charge in [0.1, 0.15) is 12.6 Å². The van der Waals surface area contributed by atoms with Crippen molar-refractivity contribution in [3.05, 3.63) is 59.7 Å². The normalized spacial score (nSPS) is 22.2. The molecule has 7 nitrogen and oxygen atoms in total. The summed E-state index contributed by atoms with van der Waals surface area (Å²) in [6.07, 6.45) is 1.57. The Morgan fingerprint density at radius 2 is 1.70 bits per heavy atom. The fourth-order valence-electron chi connectivity index (χ4n) is 5.06. The number of aliphatic carboxylic acids is 1. The predicted molar refractivity (Wildman–Crippen MR) is 124 cm³/mol. The maximum absolute atomic E-state index is 12.8. The molecule has 174 valence electrons. The van der Waals surface area contributed by atoms with Crippen LogP contribution >= 0.6 is 0 Å². The molecule has 2 unspecified atom stereocenters. The van der Waals surface area contributed by atoms with Gasteiger partial charge < -0.3 is 20.5 Å². The van der Waals surface area contributed by atoms with Crippen molar-refractivity contribution in [1.82, 2.24) is 10.6 Å². The van der Waals surface area contributed by atoms with Crippen LogP contribution in [0.25, 0.3) is 11.1 Å². The molecule has 7 heteroatoms. The monoisotopic (exact) mass is 450 g/mol. The first kappa shape index (κ1) is 22.8. The van der Waals surface area contributed by atoms with Crippen molar-refractivity contribution in [2.24, 2.45) is 5.41 Å². The number of rotatable bonds is 7. The molecule has 0 bridgehead atoms. The van der Waals surface area contributed by atoms with Crippen LogP contribution < -0.4 is 10.6 Å². The van der Waals surface area contributed by atoms with Gasteiger partial charge in [0.25, 0.3) is 0 Å². The lowest BCUT2D eigenvalue weighted by atomic mass is 9.85. The van der Waals surface area contributed by atoms with E-state index in [1.165, 1.54) is 0 Å². The number of carboxylic acid groups (broad SMARTS) is 1. The number of carboxylic acids is 1. The van der Waals surface area contributed by atoms with Crippen LogP contribution in [0.5, 0.6) is 0 Å². The highest BCUT2D eigenvalue weighted by molar-refractivity contribution is 5.87. The Kier molecular flexibility index (Phi) is 6.40. The van der Waals surface area contributed by atoms with Gasteiger partial charge >= 0.3 is 12.1 Å². The van der Waals surface area contributed by atoms with Gasteiger partial charge in [0.15, 0.2) is 0 Å². The van der Waals surface area contributed by atoms with E-state index >= 15 is 0 Å². The molecule has 3 N–H and O–H groups in total. The molecular formula is C26H30N2O5. The Morgan fingerprint density at radius 1 is 1.09 bits per heavy atom. The summed E-state index contributed by atoms with van der Waals surface area (Å²) in [5.41, 5.74) is 3.53. The summed E-state index contributed by atoms with van der Waals surface area (Å²) in [6.45, 7) is 3.61. The third-order valence-electron chi connectivity index (χ3n) is 7.12. The first-order chi connectivity index (χ1) is 15.8. The molecule has 33 heavy (non-hydrogen) atoms. The summed E-state index contributed by atoms with van der Waals surface area (Å²) < 4.78 is 5.55. The highest BCUT2D eigenvalue weighted by Gasteiger charge is 2.46. The van der Waals surface area contributed by atoms with E-state index in [2.05, 4.69) is 22.8 Å². The van der Waals surface area contributed by atoms with Crippen LogP contribution in [0, 0.1) is 5.41 Å². The molecule has 2 aromatic carbocycles. The SMILES string of the molecule is CC[C@H](NC(=O)OCC1c2ccccc2-c2ccccc21)C(=O)NC1CCCC1(C)C(=O)O. The van der Waals surface area contributed by atoms with Gasteiger partial charge in [-0.05, 0) is 48.4 Å². The van der Waals surface area contributed by atoms with E-state index in [0.29, 0.717) is 19.3 Å². The number of hydrogen-bond donors (Lipinski definition) is 3. The minimum absolute atomic E-state index is 0.0631. The van der Waals surface area contributed by atoms with Crippen LogP contribution in [0.15, 0.2) is 48.5 Å². The highest BCUT2D eigenvalue weighted by Crippen LogP contribution is 2.44. The average Bonchev–Trinajstić information content (AvgIpc) is 3.34. The summed E-state index contributed by atoms with van der Waals surface area (Å²) in [5.74, 6) is -1.36. The first-order valence-electron chi connectivity index (χ1n) is 11.5. The molecule has 0 aromatic heterocycles. The Labute approximate surface area is 193 Å². The number of fused-ring (bicyclic) bond motifs is 3. The predicted octanol–water partition coefficient (Wildman–Crippen LogP) is 4.06. The standard InChI is InChI=1S/C26H30N2O5/c1-3-21(23(29)28-22-13-8-14-26(22,2)24(30)31)27-25(32)33-15-20-18-11-6-4-9-16(18)17-10-5-7-12-19(17)20/h4-7,9-12,20-22H,3,8,13-15H2,1-2H3,(H,27,32)(H,28,29)(H,30,31)/t21-,22?,26?/m0/s1. The zero-order valence-corrected chi connectivity index (χ0v) is 19.0. The smallest absolute Gasteiger partial charge is 0.407 e. The van der Waals surface area contributed by atoms with E-state index in [9.17, 15) is 19.5 Å². The van der Waals surface area contributed by atoms with E-state index in [1.54, 1.807) is 13.8 Å². The van der Waals surface area contributed by atoms with Crippen LogP contribution in [0.1, 0.15) is 56.6 Å². The number of hydrogen-bond acceptors (Lipinski definition) is 4. The number of benzene rings is 2. The fraction of sp³-hybridized carbons (Fsp3) is 0.423. The van der Waals surface area contributed by atoms with Gasteiger partial charge in [-0.2, -0.15) is 0 Å². The van der Waals surface area contributed by atoms with Crippen LogP contribution in [0.4, 0.5) is 4.79 Å². The average molecular weight is 451 g/mol. The zero-order valence-electron chi connectivity index (χ0n) is 19.0. The topological polar surface area (TPSA) is 105 Å². The zero-order chi connectivity index (χ0) is 23.6. The largest absolute Gasteiger partial charge is 0.481 e. The summed E-state index contributed by atoms with van der Waals surface area (Å²) in [7, 11) is 0. The van der Waals surface area contributed by atoms with Crippen molar-refractivity contribution < 1.29 is 24.2 Å². The number of ether oxygens (including phenoxy) is 1. The highest BCUT2D eigenvalue weighted by atomic mass is 16.5. The Morgan fingerprint density at radius 3 is 2.27 bits per heavy atom. The molecule has 3 atom stereocenters. The minimum atomic E-state index is -0.988. The molecule has 0 radical (unpaired) electrons. The van der Waals surface area contributed by atoms with Gasteiger partial charge in [0, 0.05) is 12.0 Å². The van der Waals surface area contributed by atoms with Gasteiger partial charge in [-0.15, -0.1) is 0 Å². The number of alkyl carbamates (subject to hydrolysis) is 1. The van der Waals surface area contributed by atoms with Crippen molar-refractivity contribution in [3.8, 4) is 11.1 Å². The van der Waals surface area contributed by atoms with Gasteiger partial charge in [0.05, 0.1) is 5.41 Å².